The van der Waals surface area contributed by atoms with Crippen LogP contribution in [-0.4, -0.2) is 54.9 Å². The van der Waals surface area contributed by atoms with E-state index in [0.29, 0.717) is 0 Å². The van der Waals surface area contributed by atoms with Gasteiger partial charge in [0, 0.05) is 132 Å². The van der Waals surface area contributed by atoms with E-state index in [1.165, 1.54) is 0 Å². The number of aliphatic hydroxyl groups excluding tert-OH is 1. The average molecular weight is 1890 g/mol. The van der Waals surface area contributed by atoms with E-state index in [4.69, 9.17) is 33.2 Å². The minimum atomic E-state index is -0.0449. The molecular weight excluding hydrogens is 1780 g/mol. The van der Waals surface area contributed by atoms with Crippen LogP contribution in [0.1, 0.15) is 5.56 Å². The summed E-state index contributed by atoms with van der Waals surface area (Å²) in [6, 6.07) is 176. The zero-order valence-corrected chi connectivity index (χ0v) is 81.1. The van der Waals surface area contributed by atoms with Crippen molar-refractivity contribution >= 4 is 136 Å². The van der Waals surface area contributed by atoms with Gasteiger partial charge in [-0.25, -0.2) is 0 Å². The molecule has 0 bridgehead atoms. The van der Waals surface area contributed by atoms with E-state index in [1.54, 1.807) is 49.8 Å². The Morgan fingerprint density at radius 2 is 0.312 bits per heavy atom. The van der Waals surface area contributed by atoms with Crippen molar-refractivity contribution < 1.29 is 38.3 Å². The highest BCUT2D eigenvalue weighted by Gasteiger charge is 2.27. The molecule has 16 nitrogen and oxygen atoms in total. The lowest BCUT2D eigenvalue weighted by atomic mass is 10.0. The van der Waals surface area contributed by atoms with Crippen molar-refractivity contribution in [1.29, 1.82) is 0 Å². The number of methoxy groups -OCH3 is 7. The van der Waals surface area contributed by atoms with Crippen molar-refractivity contribution in [3.63, 3.8) is 0 Å². The Balaban J connectivity index is 0.000000182. The van der Waals surface area contributed by atoms with Crippen LogP contribution in [0.25, 0.3) is 22.3 Å². The van der Waals surface area contributed by atoms with Crippen molar-refractivity contribution in [3.05, 3.63) is 515 Å². The van der Waals surface area contributed by atoms with Gasteiger partial charge in [0.25, 0.3) is 0 Å². The van der Waals surface area contributed by atoms with Gasteiger partial charge in [0.15, 0.2) is 0 Å². The Kier molecular flexibility index (Phi) is 29.4. The fourth-order valence-electron chi connectivity index (χ4n) is 18.3. The van der Waals surface area contributed by atoms with Gasteiger partial charge in [-0.15, -0.1) is 0 Å². The number of hydrogen-bond acceptors (Lipinski definition) is 16. The number of rotatable bonds is 34. The van der Waals surface area contributed by atoms with Gasteiger partial charge in [-0.05, 0) is 319 Å². The summed E-state index contributed by atoms with van der Waals surface area (Å²) in [5, 5.41) is 10.0. The van der Waals surface area contributed by atoms with Crippen LogP contribution >= 0.6 is 0 Å². The van der Waals surface area contributed by atoms with Crippen LogP contribution in [0.4, 0.5) is 136 Å². The molecule has 1 N–H and O–H groups in total. The van der Waals surface area contributed by atoms with E-state index in [-0.39, 0.29) is 6.61 Å². The van der Waals surface area contributed by atoms with Crippen molar-refractivity contribution in [1.82, 2.24) is 0 Å². The van der Waals surface area contributed by atoms with Gasteiger partial charge in [-0.1, -0.05) is 200 Å². The molecule has 0 radical (unpaired) electrons. The van der Waals surface area contributed by atoms with Gasteiger partial charge < -0.3 is 77.5 Å². The van der Waals surface area contributed by atoms with E-state index >= 15 is 0 Å². The fourth-order valence-corrected chi connectivity index (χ4v) is 18.3. The molecule has 0 atom stereocenters. The normalized spacial score (nSPS) is 10.8. The largest absolute Gasteiger partial charge is 0.497 e. The van der Waals surface area contributed by atoms with Crippen LogP contribution in [0.3, 0.4) is 0 Å². The Bertz CT molecular complexity index is 6970. The first-order chi connectivity index (χ1) is 71.1. The predicted octanol–water partition coefficient (Wildman–Crippen LogP) is 34.0. The number of nitrogens with zero attached hydrogens (tertiary/aromatic N) is 8. The van der Waals surface area contributed by atoms with Gasteiger partial charge >= 0.3 is 0 Å². The van der Waals surface area contributed by atoms with Crippen molar-refractivity contribution in [2.45, 2.75) is 6.61 Å². The zero-order valence-electron chi connectivity index (χ0n) is 81.1. The molecule has 16 heteroatoms. The van der Waals surface area contributed by atoms with Gasteiger partial charge in [0.1, 0.15) is 40.2 Å². The van der Waals surface area contributed by atoms with Crippen LogP contribution in [0.2, 0.25) is 0 Å². The molecule has 0 unspecified atom stereocenters. The molecule has 0 aliphatic rings. The molecule has 0 saturated carbocycles. The van der Waals surface area contributed by atoms with E-state index < -0.39 is 0 Å². The molecule has 0 aliphatic carbocycles. The number of para-hydroxylation sites is 12. The van der Waals surface area contributed by atoms with Crippen LogP contribution < -0.4 is 72.4 Å². The number of ether oxygens (including phenoxy) is 7. The molecule has 0 heterocycles. The summed E-state index contributed by atoms with van der Waals surface area (Å²) in [7, 11) is 11.8. The molecule has 0 saturated heterocycles. The highest BCUT2D eigenvalue weighted by molar-refractivity contribution is 5.91. The maximum absolute atomic E-state index is 10.0. The zero-order chi connectivity index (χ0) is 98.5. The Morgan fingerprint density at radius 1 is 0.146 bits per heavy atom. The monoisotopic (exact) mass is 1880 g/mol. The lowest BCUT2D eigenvalue weighted by Crippen LogP contribution is -2.13. The first kappa shape index (κ1) is 94.3. The van der Waals surface area contributed by atoms with E-state index in [9.17, 15) is 5.11 Å². The summed E-state index contributed by atoms with van der Waals surface area (Å²) in [5.74, 6) is 5.34. The summed E-state index contributed by atoms with van der Waals surface area (Å²) in [6.07, 6.45) is 0. The third kappa shape index (κ3) is 20.9. The molecule has 0 aliphatic heterocycles. The molecule has 0 spiro atoms. The average Bonchev–Trinajstić information content (AvgIpc) is 0.810. The second-order valence-electron chi connectivity index (χ2n) is 33.9. The lowest BCUT2D eigenvalue weighted by molar-refractivity contribution is 0.282. The Morgan fingerprint density at radius 3 is 0.521 bits per heavy atom. The van der Waals surface area contributed by atoms with E-state index in [2.05, 4.69) is 379 Å². The van der Waals surface area contributed by atoms with E-state index in [0.717, 1.165) is 205 Å². The number of benzene rings is 20. The summed E-state index contributed by atoms with van der Waals surface area (Å²) >= 11 is 0. The first-order valence-corrected chi connectivity index (χ1v) is 47.6. The summed E-state index contributed by atoms with van der Waals surface area (Å²) in [5.41, 5.74) is 29.0. The molecular formula is C128H108N8O8. The molecule has 0 aromatic heterocycles. The van der Waals surface area contributed by atoms with Gasteiger partial charge in [-0.2, -0.15) is 0 Å². The summed E-state index contributed by atoms with van der Waals surface area (Å²) < 4.78 is 40.3. The van der Waals surface area contributed by atoms with Crippen molar-refractivity contribution in [2.75, 3.05) is 89.0 Å². The maximum Gasteiger partial charge on any atom is 0.142 e. The fraction of sp³-hybridized carbons (Fsp3) is 0.0625. The maximum atomic E-state index is 10.0. The topological polar surface area (TPSA) is 111 Å². The van der Waals surface area contributed by atoms with Gasteiger partial charge in [-0.3, -0.25) is 0 Å². The highest BCUT2D eigenvalue weighted by Crippen LogP contribution is 2.51. The molecule has 20 aromatic rings. The lowest BCUT2D eigenvalue weighted by Gasteiger charge is -2.30. The molecule has 20 aromatic carbocycles. The van der Waals surface area contributed by atoms with Crippen molar-refractivity contribution in [3.8, 4) is 62.5 Å². The second kappa shape index (κ2) is 44.9. The molecule has 20 rings (SSSR count). The predicted molar refractivity (Wildman–Crippen MR) is 593 cm³/mol. The van der Waals surface area contributed by atoms with Crippen LogP contribution in [0, 0.1) is 0 Å². The van der Waals surface area contributed by atoms with Crippen LogP contribution in [0.5, 0.6) is 40.2 Å². The number of aliphatic hydroxyl groups is 1. The third-order valence-electron chi connectivity index (χ3n) is 25.3. The standard InChI is InChI=1S/2C64H54N4O4/c1-69-61-27-15-11-23-57(61)67(58-24-12-16-28-62(58)70-2)55-43-39-53(40-44-55)65(49-19-7-5-8-20-49)51-35-31-47(32-36-51)48-33-37-52(38-34-48)66(50-21-9-6-10-22-50)54-41-45-56(46-42-54)68(59-25-13-17-29-63(59)71-3)60-26-14-18-30-64(60)72-4;1-70-62-23-11-20-59(43-62)67(58-19-10-14-47(42-58)46-69)56-38-34-54(35-39-56)65(50-15-6-4-7-16-50)52-30-26-48(27-31-52)49-28-32-53(33-29-49)66(51-17-8-5-9-18-51)55-36-40-57(41-37-55)68(60-21-12-24-63(44-60)71-2)61-22-13-25-64(45-61)72-3/h5-46H,1-4H3;4-45,69H,46H2,1-3H3. The second-order valence-corrected chi connectivity index (χ2v) is 33.9. The first-order valence-electron chi connectivity index (χ1n) is 47.6. The minimum absolute atomic E-state index is 0.0449. The number of anilines is 24. The van der Waals surface area contributed by atoms with Crippen LogP contribution in [-0.2, 0) is 6.61 Å². The van der Waals surface area contributed by atoms with Crippen LogP contribution in [0.15, 0.2) is 510 Å². The highest BCUT2D eigenvalue weighted by atomic mass is 16.5. The minimum Gasteiger partial charge on any atom is -0.497 e. The summed E-state index contributed by atoms with van der Waals surface area (Å²) in [4.78, 5) is 17.8. The summed E-state index contributed by atoms with van der Waals surface area (Å²) in [6.45, 7) is -0.0449. The SMILES string of the molecule is COc1cccc(N(c2ccc(N(c3ccccc3)c3ccc(-c4ccc(N(c5ccccc5)c5ccc(N(c6cccc(OC)c6)c6cccc(OC)c6)cc5)cc4)cc3)cc2)c2cccc(CO)c2)c1.COc1ccccc1N(c1ccc(N(c2ccccc2)c2ccc(-c3ccc(N(c4ccccc4)c4ccc(N(c5ccccc5OC)c5ccccc5OC)cc4)cc3)cc2)cc1)c1ccccc1OC. The molecule has 708 valence electrons. The van der Waals surface area contributed by atoms with E-state index in [1.807, 2.05) is 170 Å². The van der Waals surface area contributed by atoms with Crippen molar-refractivity contribution in [2.24, 2.45) is 0 Å². The quantitative estimate of drug-likeness (QED) is 0.0413. The Labute approximate surface area is 842 Å². The molecule has 0 fully saturated rings. The third-order valence-corrected chi connectivity index (χ3v) is 25.3. The van der Waals surface area contributed by atoms with Gasteiger partial charge in [0.05, 0.1) is 79.1 Å². The number of hydrogen-bond donors (Lipinski definition) is 1. The molecule has 0 amide bonds. The Hall–Kier alpha value is -18.6. The molecule has 144 heavy (non-hydrogen) atoms. The smallest absolute Gasteiger partial charge is 0.142 e. The van der Waals surface area contributed by atoms with Gasteiger partial charge in [0.2, 0.25) is 0 Å².